The van der Waals surface area contributed by atoms with E-state index in [0.717, 1.165) is 12.1 Å². The summed E-state index contributed by atoms with van der Waals surface area (Å²) in [5.41, 5.74) is 0. The van der Waals surface area contributed by atoms with E-state index in [1.807, 2.05) is 0 Å². The first-order chi connectivity index (χ1) is 5.13. The first-order valence-corrected chi connectivity index (χ1v) is 3.98. The highest BCUT2D eigenvalue weighted by molar-refractivity contribution is 7.47. The van der Waals surface area contributed by atoms with Gasteiger partial charge in [-0.1, -0.05) is 6.07 Å². The molecule has 1 aromatic rings. The van der Waals surface area contributed by atoms with E-state index in [1.54, 1.807) is 0 Å². The van der Waals surface area contributed by atoms with Gasteiger partial charge in [0.1, 0.15) is 0 Å². The molecule has 0 aliphatic carbocycles. The zero-order chi connectivity index (χ0) is 8.43. The summed E-state index contributed by atoms with van der Waals surface area (Å²) in [4.78, 5) is 8.49. The summed E-state index contributed by atoms with van der Waals surface area (Å²) in [5, 5.41) is 8.34. The highest BCUT2D eigenvalue weighted by Crippen LogP contribution is 2.22. The van der Waals surface area contributed by atoms with Crippen molar-refractivity contribution in [2.24, 2.45) is 0 Å². The molecule has 0 saturated heterocycles. The fourth-order valence-corrected chi connectivity index (χ4v) is 1.22. The molecule has 0 spiro atoms. The van der Waals surface area contributed by atoms with E-state index in [0.29, 0.717) is 0 Å². The molecule has 0 bridgehead atoms. The standard InChI is InChI=1S/C6H4FO3P/c7-4-2-1-3-5(8)6(4)11(9)10/h1-3H,(H-,8,9,10)/p+1. The lowest BCUT2D eigenvalue weighted by Crippen LogP contribution is -2.02. The van der Waals surface area contributed by atoms with Gasteiger partial charge in [-0.15, -0.1) is 0 Å². The summed E-state index contributed by atoms with van der Waals surface area (Å²) >= 11 is 0. The number of hydrogen-bond donors (Lipinski definition) is 2. The highest BCUT2D eigenvalue weighted by Gasteiger charge is 2.26. The van der Waals surface area contributed by atoms with Gasteiger partial charge >= 0.3 is 13.3 Å². The molecule has 5 heteroatoms. The average Bonchev–Trinajstić information content (AvgIpc) is 1.85. The third kappa shape index (κ3) is 1.53. The van der Waals surface area contributed by atoms with Crippen LogP contribution < -0.4 is 5.30 Å². The van der Waals surface area contributed by atoms with E-state index in [9.17, 15) is 8.96 Å². The summed E-state index contributed by atoms with van der Waals surface area (Å²) in [5.74, 6) is -1.36. The maximum absolute atomic E-state index is 12.6. The Balaban J connectivity index is 3.32. The van der Waals surface area contributed by atoms with Crippen LogP contribution in [0.5, 0.6) is 5.75 Å². The Kier molecular flexibility index (Phi) is 2.17. The molecule has 0 radical (unpaired) electrons. The Labute approximate surface area is 63.0 Å². The molecule has 0 aliphatic rings. The van der Waals surface area contributed by atoms with Crippen LogP contribution in [0.2, 0.25) is 0 Å². The van der Waals surface area contributed by atoms with Gasteiger partial charge in [0, 0.05) is 0 Å². The fraction of sp³-hybridized carbons (Fsp3) is 0. The van der Waals surface area contributed by atoms with E-state index in [4.69, 9.17) is 10.00 Å². The molecule has 58 valence electrons. The van der Waals surface area contributed by atoms with Crippen LogP contribution in [-0.4, -0.2) is 10.00 Å². The van der Waals surface area contributed by atoms with E-state index in [2.05, 4.69) is 0 Å². The van der Waals surface area contributed by atoms with Crippen molar-refractivity contribution in [1.82, 2.24) is 0 Å². The number of hydrogen-bond acceptors (Lipinski definition) is 2. The van der Waals surface area contributed by atoms with Crippen molar-refractivity contribution in [3.63, 3.8) is 0 Å². The van der Waals surface area contributed by atoms with Crippen LogP contribution in [-0.2, 0) is 4.57 Å². The van der Waals surface area contributed by atoms with Gasteiger partial charge in [-0.2, -0.15) is 4.89 Å². The van der Waals surface area contributed by atoms with Crippen LogP contribution in [0, 0.1) is 5.82 Å². The van der Waals surface area contributed by atoms with Crippen molar-refractivity contribution in [1.29, 1.82) is 0 Å². The predicted octanol–water partition coefficient (Wildman–Crippen LogP) is 0.891. The maximum atomic E-state index is 12.6. The third-order valence-corrected chi connectivity index (χ3v) is 1.98. The summed E-state index contributed by atoms with van der Waals surface area (Å²) in [7, 11) is -2.81. The van der Waals surface area contributed by atoms with Crippen LogP contribution in [0.1, 0.15) is 0 Å². The predicted molar refractivity (Wildman–Crippen MR) is 37.5 cm³/mol. The van der Waals surface area contributed by atoms with E-state index < -0.39 is 24.9 Å². The zero-order valence-corrected chi connectivity index (χ0v) is 6.25. The molecule has 2 N–H and O–H groups in total. The number of aromatic hydroxyl groups is 1. The van der Waals surface area contributed by atoms with Crippen LogP contribution in [0.3, 0.4) is 0 Å². The summed E-state index contributed by atoms with van der Waals surface area (Å²) in [6.45, 7) is 0. The minimum atomic E-state index is -2.81. The van der Waals surface area contributed by atoms with Gasteiger partial charge in [-0.05, 0) is 16.7 Å². The minimum Gasteiger partial charge on any atom is -0.504 e. The largest absolute Gasteiger partial charge is 0.553 e. The second-order valence-corrected chi connectivity index (χ2v) is 2.87. The van der Waals surface area contributed by atoms with Crippen molar-refractivity contribution in [3.8, 4) is 5.75 Å². The molecule has 0 aliphatic heterocycles. The van der Waals surface area contributed by atoms with Crippen molar-refractivity contribution in [2.75, 3.05) is 0 Å². The molecule has 0 aromatic heterocycles. The highest BCUT2D eigenvalue weighted by atomic mass is 31.1. The van der Waals surface area contributed by atoms with Gasteiger partial charge in [0.15, 0.2) is 11.6 Å². The van der Waals surface area contributed by atoms with Gasteiger partial charge in [0.2, 0.25) is 0 Å². The molecule has 1 unspecified atom stereocenters. The van der Waals surface area contributed by atoms with Gasteiger partial charge in [-0.3, -0.25) is 0 Å². The van der Waals surface area contributed by atoms with Crippen LogP contribution in [0.4, 0.5) is 4.39 Å². The Morgan fingerprint density at radius 1 is 1.45 bits per heavy atom. The third-order valence-electron chi connectivity index (χ3n) is 1.16. The molecule has 1 atom stereocenters. The smallest absolute Gasteiger partial charge is 0.504 e. The Morgan fingerprint density at radius 3 is 2.45 bits per heavy atom. The zero-order valence-electron chi connectivity index (χ0n) is 5.36. The molecule has 1 aromatic carbocycles. The molecule has 0 fully saturated rings. The monoisotopic (exact) mass is 175 g/mol. The topological polar surface area (TPSA) is 57.5 Å². The van der Waals surface area contributed by atoms with Gasteiger partial charge in [0.05, 0.1) is 0 Å². The summed E-state index contributed by atoms with van der Waals surface area (Å²) in [6.07, 6.45) is 0. The lowest BCUT2D eigenvalue weighted by molar-refractivity contribution is 0.469. The fourth-order valence-electron chi connectivity index (χ4n) is 0.693. The van der Waals surface area contributed by atoms with Gasteiger partial charge < -0.3 is 5.11 Å². The summed E-state index contributed by atoms with van der Waals surface area (Å²) in [6, 6.07) is 3.42. The molecule has 11 heavy (non-hydrogen) atoms. The van der Waals surface area contributed by atoms with E-state index in [-0.39, 0.29) is 0 Å². The number of halogens is 1. The van der Waals surface area contributed by atoms with Crippen LogP contribution >= 0.6 is 8.03 Å². The van der Waals surface area contributed by atoms with Crippen molar-refractivity contribution < 1.29 is 19.0 Å². The molecule has 0 amide bonds. The Morgan fingerprint density at radius 2 is 2.09 bits per heavy atom. The SMILES string of the molecule is O=[P+](O)c1c(O)cccc1F. The first-order valence-electron chi connectivity index (χ1n) is 2.76. The molecule has 0 heterocycles. The molecule has 0 saturated carbocycles. The minimum absolute atomic E-state index is 0.492. The normalized spacial score (nSPS) is 11.3. The summed E-state index contributed by atoms with van der Waals surface area (Å²) < 4.78 is 23.0. The van der Waals surface area contributed by atoms with Crippen molar-refractivity contribution in [3.05, 3.63) is 24.0 Å². The second kappa shape index (κ2) is 2.95. The number of benzene rings is 1. The number of phenols is 1. The lowest BCUT2D eigenvalue weighted by atomic mass is 10.3. The van der Waals surface area contributed by atoms with Crippen molar-refractivity contribution in [2.45, 2.75) is 0 Å². The van der Waals surface area contributed by atoms with Crippen LogP contribution in [0.15, 0.2) is 18.2 Å². The van der Waals surface area contributed by atoms with Gasteiger partial charge in [-0.25, -0.2) is 4.39 Å². The Hall–Kier alpha value is -0.990. The average molecular weight is 175 g/mol. The lowest BCUT2D eigenvalue weighted by Gasteiger charge is -1.90. The first kappa shape index (κ1) is 8.11. The van der Waals surface area contributed by atoms with E-state index in [1.165, 1.54) is 6.07 Å². The second-order valence-electron chi connectivity index (χ2n) is 1.88. The Bertz CT molecular complexity index is 280. The molecular weight excluding hydrogens is 170 g/mol. The van der Waals surface area contributed by atoms with Crippen molar-refractivity contribution >= 4 is 13.3 Å². The number of phenolic OH excluding ortho intramolecular Hbond substituents is 1. The quantitative estimate of drug-likeness (QED) is 0.623. The number of rotatable bonds is 1. The molecule has 1 rings (SSSR count). The van der Waals surface area contributed by atoms with E-state index >= 15 is 0 Å². The van der Waals surface area contributed by atoms with Crippen LogP contribution in [0.25, 0.3) is 0 Å². The van der Waals surface area contributed by atoms with Gasteiger partial charge in [0.25, 0.3) is 0 Å². The molecular formula is C6H5FO3P+. The maximum Gasteiger partial charge on any atom is 0.553 e. The molecule has 3 nitrogen and oxygen atoms in total.